The van der Waals surface area contributed by atoms with Gasteiger partial charge in [-0.25, -0.2) is 19.2 Å². The second kappa shape index (κ2) is 30.5. The highest BCUT2D eigenvalue weighted by Gasteiger charge is 2.41. The zero-order valence-corrected chi connectivity index (χ0v) is 50.0. The lowest BCUT2D eigenvalue weighted by molar-refractivity contribution is -0.149. The van der Waals surface area contributed by atoms with E-state index in [1.165, 1.54) is 37.5 Å². The van der Waals surface area contributed by atoms with Crippen LogP contribution in [0.25, 0.3) is 11.1 Å². The number of hydrogen-bond acceptors (Lipinski definition) is 14. The van der Waals surface area contributed by atoms with Crippen molar-refractivity contribution in [3.8, 4) is 11.1 Å². The molecule has 2 heterocycles. The third kappa shape index (κ3) is 19.8. The van der Waals surface area contributed by atoms with Gasteiger partial charge in [-0.3, -0.25) is 33.6 Å². The number of fused-ring (bicyclic) bond motifs is 3. The predicted octanol–water partition coefficient (Wildman–Crippen LogP) is 3.85. The van der Waals surface area contributed by atoms with Gasteiger partial charge in [0.25, 0.3) is 0 Å². The fourth-order valence-electron chi connectivity index (χ4n) is 10.1. The van der Waals surface area contributed by atoms with Crippen molar-refractivity contribution in [2.45, 2.75) is 199 Å². The van der Waals surface area contributed by atoms with E-state index in [1.54, 1.807) is 41.5 Å². The summed E-state index contributed by atoms with van der Waals surface area (Å²) in [5.41, 5.74) is 2.69. The number of benzene rings is 2. The second-order valence-corrected chi connectivity index (χ2v) is 23.6. The number of ether oxygens (including phenoxy) is 3. The molecule has 2 fully saturated rings. The largest absolute Gasteiger partial charge is 0.480 e. The van der Waals surface area contributed by atoms with Crippen molar-refractivity contribution in [3.05, 3.63) is 59.7 Å². The molecule has 10 amide bonds. The minimum Gasteiger partial charge on any atom is -0.480 e. The molecule has 0 bridgehead atoms. The summed E-state index contributed by atoms with van der Waals surface area (Å²) >= 11 is 0. The third-order valence-electron chi connectivity index (χ3n) is 14.4. The number of likely N-dealkylation sites (tertiary alicyclic amines) is 2. The van der Waals surface area contributed by atoms with Crippen LogP contribution in [-0.4, -0.2) is 173 Å². The lowest BCUT2D eigenvalue weighted by atomic mass is 9.98. The molecule has 0 spiro atoms. The van der Waals surface area contributed by atoms with Crippen LogP contribution in [0.2, 0.25) is 0 Å². The SMILES string of the molecule is C[C@H](NC(=O)OCC1c2ccccc2-c2ccccc21)C(=O)N[C@@H](C)C(=O)N[C@@H](CCCCNC(=O)OC(C)(C)C)C(=O)N1CCC[C@H]1C(=O)N[C@@H](C)C(=O)N[C@@H](C)C(=O)N[C@@H](CCCCNC(=O)OC(C)(C)C)C(=O)N1CCC[C@H]1C(=O)O. The van der Waals surface area contributed by atoms with Crippen molar-refractivity contribution in [2.75, 3.05) is 32.8 Å². The highest BCUT2D eigenvalue weighted by molar-refractivity contribution is 5.98. The first kappa shape index (κ1) is 66.8. The van der Waals surface area contributed by atoms with Gasteiger partial charge in [-0.2, -0.15) is 0 Å². The Bertz CT molecular complexity index is 2660. The zero-order valence-electron chi connectivity index (χ0n) is 50.0. The minimum absolute atomic E-state index is 0.0150. The molecule has 2 aliphatic heterocycles. The number of alkyl carbamates (subject to hydrolysis) is 3. The molecule has 2 aromatic rings. The van der Waals surface area contributed by atoms with Gasteiger partial charge in [0.2, 0.25) is 41.4 Å². The van der Waals surface area contributed by atoms with E-state index in [2.05, 4.69) is 42.5 Å². The maximum atomic E-state index is 14.5. The molecule has 0 saturated carbocycles. The number of nitrogens with zero attached hydrogens (tertiary/aromatic N) is 2. The van der Waals surface area contributed by atoms with Gasteiger partial charge in [0.05, 0.1) is 0 Å². The molecule has 0 unspecified atom stereocenters. The Hall–Kier alpha value is -7.99. The van der Waals surface area contributed by atoms with Crippen LogP contribution < -0.4 is 42.5 Å². The molecule has 5 rings (SSSR count). The molecule has 2 saturated heterocycles. The zero-order chi connectivity index (χ0) is 62.1. The molecular formula is C59H86N10O15. The van der Waals surface area contributed by atoms with Crippen molar-refractivity contribution in [1.29, 1.82) is 0 Å². The van der Waals surface area contributed by atoms with E-state index < -0.39 is 125 Å². The van der Waals surface area contributed by atoms with Crippen molar-refractivity contribution in [1.82, 2.24) is 52.3 Å². The van der Waals surface area contributed by atoms with Gasteiger partial charge in [0.1, 0.15) is 66.1 Å². The first-order valence-electron chi connectivity index (χ1n) is 29.0. The maximum Gasteiger partial charge on any atom is 0.407 e. The Labute approximate surface area is 490 Å². The van der Waals surface area contributed by atoms with Crippen LogP contribution in [-0.2, 0) is 52.6 Å². The van der Waals surface area contributed by atoms with Crippen LogP contribution in [0, 0.1) is 0 Å². The highest BCUT2D eigenvalue weighted by Crippen LogP contribution is 2.44. The normalized spacial score (nSPS) is 17.7. The van der Waals surface area contributed by atoms with Crippen LogP contribution >= 0.6 is 0 Å². The quantitative estimate of drug-likeness (QED) is 0.0477. The number of carbonyl (C=O) groups excluding carboxylic acids is 10. The van der Waals surface area contributed by atoms with Gasteiger partial charge in [-0.1, -0.05) is 48.5 Å². The van der Waals surface area contributed by atoms with E-state index in [0.29, 0.717) is 38.5 Å². The second-order valence-electron chi connectivity index (χ2n) is 23.6. The van der Waals surface area contributed by atoms with Crippen LogP contribution in [0.1, 0.15) is 150 Å². The molecule has 462 valence electrons. The highest BCUT2D eigenvalue weighted by atomic mass is 16.6. The molecule has 25 nitrogen and oxygen atoms in total. The Morgan fingerprint density at radius 1 is 0.524 bits per heavy atom. The Balaban J connectivity index is 1.16. The standard InChI is InChI=1S/C59H86N10O15/c1-34(47(70)62-35(2)49(72)67-44(53(76)69-32-20-28-46(69)54(77)78)26-16-18-30-61-56(80)84-59(8,9)10)64-51(74)45-27-19-31-68(45)52(75)43(25-15-17-29-60-55(79)83-58(5,6)7)66-50(73)36(3)63-48(71)37(4)65-57(81)82-33-42-40-23-13-11-21-38(40)39-22-12-14-24-41(39)42/h11-14,21-24,34-37,42-46H,15-20,25-33H2,1-10H3,(H,60,79)(H,61,80)(H,62,70)(H,63,71)(H,64,74)(H,65,81)(H,66,73)(H,67,72)(H,77,78)/t34-,35-,36-,37-,43-,44-,45-,46-/m0/s1. The summed E-state index contributed by atoms with van der Waals surface area (Å²) in [5, 5.41) is 30.7. The molecular weight excluding hydrogens is 1090 g/mol. The first-order chi connectivity index (χ1) is 39.5. The number of unbranched alkanes of at least 4 members (excludes halogenated alkanes) is 2. The van der Waals surface area contributed by atoms with Gasteiger partial charge >= 0.3 is 24.2 Å². The number of carbonyl (C=O) groups is 11. The Morgan fingerprint density at radius 2 is 0.917 bits per heavy atom. The van der Waals surface area contributed by atoms with Gasteiger partial charge in [-0.05, 0) is 156 Å². The van der Waals surface area contributed by atoms with Crippen molar-refractivity contribution >= 4 is 65.6 Å². The van der Waals surface area contributed by atoms with E-state index in [1.807, 2.05) is 48.5 Å². The lowest BCUT2D eigenvalue weighted by Crippen LogP contribution is -2.59. The van der Waals surface area contributed by atoms with Crippen molar-refractivity contribution < 1.29 is 72.1 Å². The topological polar surface area (TPSA) is 338 Å². The van der Waals surface area contributed by atoms with Gasteiger partial charge in [-0.15, -0.1) is 0 Å². The average Bonchev–Trinajstić information content (AvgIpc) is 2.24. The summed E-state index contributed by atoms with van der Waals surface area (Å²) in [6, 6.07) is 6.35. The molecule has 8 atom stereocenters. The fraction of sp³-hybridized carbons (Fsp3) is 0.610. The summed E-state index contributed by atoms with van der Waals surface area (Å²) < 4.78 is 16.2. The molecule has 0 radical (unpaired) electrons. The summed E-state index contributed by atoms with van der Waals surface area (Å²) in [6.07, 6.45) is 0.764. The molecule has 25 heteroatoms. The molecule has 1 aliphatic carbocycles. The molecule has 0 aromatic heterocycles. The number of rotatable bonds is 26. The van der Waals surface area contributed by atoms with E-state index in [4.69, 9.17) is 14.2 Å². The minimum atomic E-state index is -1.24. The number of amides is 10. The van der Waals surface area contributed by atoms with Crippen LogP contribution in [0.4, 0.5) is 14.4 Å². The van der Waals surface area contributed by atoms with Gasteiger partial charge < -0.3 is 71.7 Å². The maximum absolute atomic E-state index is 14.5. The molecule has 9 N–H and O–H groups in total. The molecule has 2 aromatic carbocycles. The lowest BCUT2D eigenvalue weighted by Gasteiger charge is -2.30. The summed E-state index contributed by atoms with van der Waals surface area (Å²) in [5.74, 6) is -6.27. The third-order valence-corrected chi connectivity index (χ3v) is 14.4. The van der Waals surface area contributed by atoms with Crippen molar-refractivity contribution in [2.24, 2.45) is 0 Å². The number of aliphatic carboxylic acids is 1. The average molecular weight is 1180 g/mol. The van der Waals surface area contributed by atoms with Crippen LogP contribution in [0.3, 0.4) is 0 Å². The summed E-state index contributed by atoms with van der Waals surface area (Å²) in [7, 11) is 0. The molecule has 84 heavy (non-hydrogen) atoms. The summed E-state index contributed by atoms with van der Waals surface area (Å²) in [6.45, 7) is 16.6. The van der Waals surface area contributed by atoms with Crippen LogP contribution in [0.5, 0.6) is 0 Å². The summed E-state index contributed by atoms with van der Waals surface area (Å²) in [4.78, 5) is 148. The van der Waals surface area contributed by atoms with E-state index in [-0.39, 0.29) is 64.4 Å². The van der Waals surface area contributed by atoms with E-state index in [0.717, 1.165) is 22.3 Å². The predicted molar refractivity (Wildman–Crippen MR) is 308 cm³/mol. The van der Waals surface area contributed by atoms with Gasteiger partial charge in [0.15, 0.2) is 0 Å². The monoisotopic (exact) mass is 1170 g/mol. The number of carboxylic acid groups (broad SMARTS) is 1. The smallest absolute Gasteiger partial charge is 0.407 e. The Kier molecular flexibility index (Phi) is 24.3. The van der Waals surface area contributed by atoms with Crippen LogP contribution in [0.15, 0.2) is 48.5 Å². The number of carboxylic acids is 1. The van der Waals surface area contributed by atoms with E-state index in [9.17, 15) is 57.8 Å². The van der Waals surface area contributed by atoms with Crippen molar-refractivity contribution in [3.63, 3.8) is 0 Å². The fourth-order valence-corrected chi connectivity index (χ4v) is 10.1. The first-order valence-corrected chi connectivity index (χ1v) is 29.0. The molecule has 3 aliphatic rings. The van der Waals surface area contributed by atoms with E-state index >= 15 is 0 Å². The Morgan fingerprint density at radius 3 is 1.36 bits per heavy atom. The van der Waals surface area contributed by atoms with Gasteiger partial charge in [0, 0.05) is 32.1 Å². The number of hydrogen-bond donors (Lipinski definition) is 9. The number of nitrogens with one attached hydrogen (secondary N) is 8.